The molecule has 0 amide bonds. The van der Waals surface area contributed by atoms with E-state index in [4.69, 9.17) is 4.74 Å². The zero-order chi connectivity index (χ0) is 12.2. The predicted molar refractivity (Wildman–Crippen MR) is 53.1 cm³/mol. The SMILES string of the molecule is CCOC1(C(=O)CCC(F)(F)F)CCCC1. The Kier molecular flexibility index (Phi) is 4.35. The molecule has 0 heterocycles. The third-order valence-electron chi connectivity index (χ3n) is 2.98. The highest BCUT2D eigenvalue weighted by atomic mass is 19.4. The Morgan fingerprint density at radius 1 is 1.31 bits per heavy atom. The third kappa shape index (κ3) is 3.47. The molecule has 0 unspecified atom stereocenters. The third-order valence-corrected chi connectivity index (χ3v) is 2.98. The molecule has 5 heteroatoms. The van der Waals surface area contributed by atoms with Crippen LogP contribution in [0.4, 0.5) is 13.2 Å². The van der Waals surface area contributed by atoms with Gasteiger partial charge in [0.1, 0.15) is 5.60 Å². The summed E-state index contributed by atoms with van der Waals surface area (Å²) in [4.78, 5) is 11.8. The molecule has 1 saturated carbocycles. The van der Waals surface area contributed by atoms with Crippen molar-refractivity contribution in [2.45, 2.75) is 57.2 Å². The lowest BCUT2D eigenvalue weighted by Gasteiger charge is -2.27. The van der Waals surface area contributed by atoms with Crippen LogP contribution in [-0.4, -0.2) is 24.2 Å². The summed E-state index contributed by atoms with van der Waals surface area (Å²) >= 11 is 0. The highest BCUT2D eigenvalue weighted by molar-refractivity contribution is 5.87. The molecule has 0 aromatic heterocycles. The predicted octanol–water partition coefficient (Wildman–Crippen LogP) is 3.25. The standard InChI is InChI=1S/C11H17F3O2/c1-2-16-10(6-3-4-7-10)9(15)5-8-11(12,13)14/h2-8H2,1H3. The fourth-order valence-corrected chi connectivity index (χ4v) is 2.21. The average molecular weight is 238 g/mol. The Bertz CT molecular complexity index is 242. The van der Waals surface area contributed by atoms with E-state index in [-0.39, 0.29) is 5.78 Å². The van der Waals surface area contributed by atoms with Crippen molar-refractivity contribution >= 4 is 5.78 Å². The molecule has 2 nitrogen and oxygen atoms in total. The number of ketones is 1. The molecular weight excluding hydrogens is 221 g/mol. The van der Waals surface area contributed by atoms with Crippen molar-refractivity contribution in [3.63, 3.8) is 0 Å². The fourth-order valence-electron chi connectivity index (χ4n) is 2.21. The van der Waals surface area contributed by atoms with Crippen molar-refractivity contribution in [3.8, 4) is 0 Å². The molecule has 1 fully saturated rings. The number of hydrogen-bond donors (Lipinski definition) is 0. The Morgan fingerprint density at radius 3 is 2.31 bits per heavy atom. The fraction of sp³-hybridized carbons (Fsp3) is 0.909. The van der Waals surface area contributed by atoms with Gasteiger partial charge in [-0.05, 0) is 32.6 Å². The summed E-state index contributed by atoms with van der Waals surface area (Å²) < 4.78 is 41.5. The van der Waals surface area contributed by atoms with Crippen LogP contribution in [0.25, 0.3) is 0 Å². The minimum atomic E-state index is -4.26. The molecule has 16 heavy (non-hydrogen) atoms. The van der Waals surface area contributed by atoms with Gasteiger partial charge in [0.05, 0.1) is 6.42 Å². The number of rotatable bonds is 5. The summed E-state index contributed by atoms with van der Waals surface area (Å²) in [6, 6.07) is 0. The van der Waals surface area contributed by atoms with Gasteiger partial charge in [-0.15, -0.1) is 0 Å². The van der Waals surface area contributed by atoms with E-state index in [1.807, 2.05) is 0 Å². The van der Waals surface area contributed by atoms with Crippen LogP contribution in [0, 0.1) is 0 Å². The van der Waals surface area contributed by atoms with Crippen molar-refractivity contribution < 1.29 is 22.7 Å². The number of carbonyl (C=O) groups is 1. The summed E-state index contributed by atoms with van der Waals surface area (Å²) in [6.07, 6.45) is -2.91. The van der Waals surface area contributed by atoms with Gasteiger partial charge in [-0.25, -0.2) is 0 Å². The number of ether oxygens (including phenoxy) is 1. The Balaban J connectivity index is 2.55. The van der Waals surface area contributed by atoms with Crippen LogP contribution in [0.2, 0.25) is 0 Å². The van der Waals surface area contributed by atoms with E-state index in [0.29, 0.717) is 19.4 Å². The Morgan fingerprint density at radius 2 is 1.88 bits per heavy atom. The van der Waals surface area contributed by atoms with E-state index in [0.717, 1.165) is 12.8 Å². The van der Waals surface area contributed by atoms with Gasteiger partial charge >= 0.3 is 6.18 Å². The molecule has 1 aliphatic carbocycles. The monoisotopic (exact) mass is 238 g/mol. The van der Waals surface area contributed by atoms with Crippen molar-refractivity contribution in [2.24, 2.45) is 0 Å². The number of alkyl halides is 3. The lowest BCUT2D eigenvalue weighted by molar-refractivity contribution is -0.156. The van der Waals surface area contributed by atoms with Crippen molar-refractivity contribution in [3.05, 3.63) is 0 Å². The molecule has 94 valence electrons. The first-order valence-electron chi connectivity index (χ1n) is 5.64. The maximum absolute atomic E-state index is 12.0. The maximum Gasteiger partial charge on any atom is 0.389 e. The normalized spacial score (nSPS) is 20.0. The lowest BCUT2D eigenvalue weighted by Crippen LogP contribution is -2.39. The number of halogens is 3. The van der Waals surface area contributed by atoms with Crippen LogP contribution in [0.5, 0.6) is 0 Å². The van der Waals surface area contributed by atoms with E-state index >= 15 is 0 Å². The second-order valence-corrected chi connectivity index (χ2v) is 4.17. The summed E-state index contributed by atoms with van der Waals surface area (Å²) in [6.45, 7) is 2.13. The zero-order valence-corrected chi connectivity index (χ0v) is 9.40. The molecule has 1 rings (SSSR count). The highest BCUT2D eigenvalue weighted by Crippen LogP contribution is 2.36. The van der Waals surface area contributed by atoms with Crippen LogP contribution in [0.15, 0.2) is 0 Å². The van der Waals surface area contributed by atoms with Gasteiger partial charge in [-0.2, -0.15) is 13.2 Å². The molecule has 0 radical (unpaired) electrons. The molecule has 0 aliphatic heterocycles. The van der Waals surface area contributed by atoms with E-state index in [1.54, 1.807) is 6.92 Å². The first kappa shape index (κ1) is 13.5. The summed E-state index contributed by atoms with van der Waals surface area (Å²) in [5, 5.41) is 0. The molecule has 1 aliphatic rings. The minimum Gasteiger partial charge on any atom is -0.368 e. The number of carbonyl (C=O) groups excluding carboxylic acids is 1. The Labute approximate surface area is 93.2 Å². The van der Waals surface area contributed by atoms with E-state index in [2.05, 4.69) is 0 Å². The van der Waals surface area contributed by atoms with Crippen molar-refractivity contribution in [1.82, 2.24) is 0 Å². The second-order valence-electron chi connectivity index (χ2n) is 4.17. The smallest absolute Gasteiger partial charge is 0.368 e. The van der Waals surface area contributed by atoms with Gasteiger partial charge in [-0.3, -0.25) is 4.79 Å². The highest BCUT2D eigenvalue weighted by Gasteiger charge is 2.42. The van der Waals surface area contributed by atoms with Crippen molar-refractivity contribution in [1.29, 1.82) is 0 Å². The molecule has 0 aromatic carbocycles. The Hall–Kier alpha value is -0.580. The van der Waals surface area contributed by atoms with Gasteiger partial charge in [0.2, 0.25) is 0 Å². The second kappa shape index (κ2) is 5.17. The lowest BCUT2D eigenvalue weighted by atomic mass is 9.93. The molecule has 0 bridgehead atoms. The molecule has 0 N–H and O–H groups in total. The molecular formula is C11H17F3O2. The summed E-state index contributed by atoms with van der Waals surface area (Å²) in [5.74, 6) is -0.385. The maximum atomic E-state index is 12.0. The quantitative estimate of drug-likeness (QED) is 0.735. The van der Waals surface area contributed by atoms with Crippen LogP contribution in [0.3, 0.4) is 0 Å². The van der Waals surface area contributed by atoms with Gasteiger partial charge in [0.15, 0.2) is 5.78 Å². The van der Waals surface area contributed by atoms with Crippen LogP contribution in [-0.2, 0) is 9.53 Å². The zero-order valence-electron chi connectivity index (χ0n) is 9.40. The number of hydrogen-bond acceptors (Lipinski definition) is 2. The first-order valence-corrected chi connectivity index (χ1v) is 5.64. The van der Waals surface area contributed by atoms with Gasteiger partial charge in [0, 0.05) is 13.0 Å². The van der Waals surface area contributed by atoms with Crippen LogP contribution in [0.1, 0.15) is 45.4 Å². The van der Waals surface area contributed by atoms with E-state index in [9.17, 15) is 18.0 Å². The van der Waals surface area contributed by atoms with E-state index in [1.165, 1.54) is 0 Å². The largest absolute Gasteiger partial charge is 0.389 e. The van der Waals surface area contributed by atoms with Gasteiger partial charge < -0.3 is 4.74 Å². The van der Waals surface area contributed by atoms with Gasteiger partial charge in [0.25, 0.3) is 0 Å². The van der Waals surface area contributed by atoms with Crippen LogP contribution >= 0.6 is 0 Å². The molecule has 0 spiro atoms. The van der Waals surface area contributed by atoms with Crippen LogP contribution < -0.4 is 0 Å². The van der Waals surface area contributed by atoms with Gasteiger partial charge in [-0.1, -0.05) is 0 Å². The molecule has 0 aromatic rings. The summed E-state index contributed by atoms with van der Waals surface area (Å²) in [5.41, 5.74) is -0.917. The average Bonchev–Trinajstić information content (AvgIpc) is 2.63. The molecule has 0 atom stereocenters. The molecule has 0 saturated heterocycles. The number of Topliss-reactive ketones (excluding diaryl/α,β-unsaturated/α-hetero) is 1. The van der Waals surface area contributed by atoms with E-state index < -0.39 is 24.6 Å². The summed E-state index contributed by atoms with van der Waals surface area (Å²) in [7, 11) is 0. The van der Waals surface area contributed by atoms with Crippen molar-refractivity contribution in [2.75, 3.05) is 6.61 Å². The topological polar surface area (TPSA) is 26.3 Å². The first-order chi connectivity index (χ1) is 7.40. The minimum absolute atomic E-state index is 0.373.